The summed E-state index contributed by atoms with van der Waals surface area (Å²) in [6.07, 6.45) is 0. The number of aryl methyl sites for hydroxylation is 1. The standard InChI is InChI=1S/C10H6BrNS/c1-6-3-2-4-7-9(6)10(11)8(5-12)13-7/h2-4H,1H3. The Hall–Kier alpha value is -0.850. The Labute approximate surface area is 88.7 Å². The summed E-state index contributed by atoms with van der Waals surface area (Å²) < 4.78 is 2.11. The maximum Gasteiger partial charge on any atom is 0.120 e. The minimum Gasteiger partial charge on any atom is -0.191 e. The Bertz CT molecular complexity index is 507. The Kier molecular flexibility index (Phi) is 2.10. The molecule has 0 radical (unpaired) electrons. The van der Waals surface area contributed by atoms with Gasteiger partial charge >= 0.3 is 0 Å². The highest BCUT2D eigenvalue weighted by molar-refractivity contribution is 9.10. The first-order valence-electron chi connectivity index (χ1n) is 3.81. The van der Waals surface area contributed by atoms with Crippen LogP contribution in [0, 0.1) is 18.3 Å². The molecule has 2 aromatic rings. The normalized spacial score (nSPS) is 10.2. The molecule has 0 spiro atoms. The SMILES string of the molecule is Cc1cccc2sc(C#N)c(Br)c12. The van der Waals surface area contributed by atoms with Gasteiger partial charge in [0.2, 0.25) is 0 Å². The van der Waals surface area contributed by atoms with Crippen molar-refractivity contribution in [2.24, 2.45) is 0 Å². The van der Waals surface area contributed by atoms with E-state index < -0.39 is 0 Å². The van der Waals surface area contributed by atoms with Gasteiger partial charge in [0.05, 0.1) is 4.47 Å². The van der Waals surface area contributed by atoms with Crippen molar-refractivity contribution in [3.63, 3.8) is 0 Å². The van der Waals surface area contributed by atoms with Gasteiger partial charge in [-0.2, -0.15) is 5.26 Å². The lowest BCUT2D eigenvalue weighted by Gasteiger charge is -1.94. The van der Waals surface area contributed by atoms with Crippen molar-refractivity contribution in [2.75, 3.05) is 0 Å². The van der Waals surface area contributed by atoms with E-state index >= 15 is 0 Å². The van der Waals surface area contributed by atoms with Crippen molar-refractivity contribution in [1.29, 1.82) is 5.26 Å². The van der Waals surface area contributed by atoms with Crippen LogP contribution in [0.15, 0.2) is 22.7 Å². The zero-order valence-corrected chi connectivity index (χ0v) is 9.37. The number of nitrogens with zero attached hydrogens (tertiary/aromatic N) is 1. The van der Waals surface area contributed by atoms with E-state index in [1.165, 1.54) is 27.0 Å². The number of fused-ring (bicyclic) bond motifs is 1. The van der Waals surface area contributed by atoms with Gasteiger partial charge in [-0.3, -0.25) is 0 Å². The third-order valence-corrected chi connectivity index (χ3v) is 4.08. The van der Waals surface area contributed by atoms with Crippen molar-refractivity contribution >= 4 is 37.4 Å². The first-order valence-corrected chi connectivity index (χ1v) is 5.42. The lowest BCUT2D eigenvalue weighted by Crippen LogP contribution is -1.72. The number of hydrogen-bond acceptors (Lipinski definition) is 2. The van der Waals surface area contributed by atoms with Gasteiger partial charge in [0.1, 0.15) is 10.9 Å². The van der Waals surface area contributed by atoms with Crippen molar-refractivity contribution in [3.8, 4) is 6.07 Å². The lowest BCUT2D eigenvalue weighted by atomic mass is 10.1. The molecule has 0 bridgehead atoms. The minimum absolute atomic E-state index is 0.754. The van der Waals surface area contributed by atoms with Gasteiger partial charge in [0.25, 0.3) is 0 Å². The molecule has 0 amide bonds. The number of rotatable bonds is 0. The molecule has 13 heavy (non-hydrogen) atoms. The summed E-state index contributed by atoms with van der Waals surface area (Å²) in [5, 5.41) is 10.0. The van der Waals surface area contributed by atoms with Gasteiger partial charge in [-0.25, -0.2) is 0 Å². The van der Waals surface area contributed by atoms with E-state index in [1.807, 2.05) is 12.1 Å². The molecular formula is C10H6BrNS. The van der Waals surface area contributed by atoms with E-state index in [1.54, 1.807) is 0 Å². The minimum atomic E-state index is 0.754. The van der Waals surface area contributed by atoms with Crippen molar-refractivity contribution < 1.29 is 0 Å². The van der Waals surface area contributed by atoms with Gasteiger partial charge in [0.15, 0.2) is 0 Å². The van der Waals surface area contributed by atoms with Crippen LogP contribution in [0.3, 0.4) is 0 Å². The van der Waals surface area contributed by atoms with E-state index in [9.17, 15) is 0 Å². The molecule has 0 saturated carbocycles. The zero-order valence-electron chi connectivity index (χ0n) is 6.97. The molecule has 64 valence electrons. The molecule has 1 nitrogen and oxygen atoms in total. The van der Waals surface area contributed by atoms with Gasteiger partial charge < -0.3 is 0 Å². The van der Waals surface area contributed by atoms with E-state index in [0.29, 0.717) is 0 Å². The second-order valence-electron chi connectivity index (χ2n) is 2.81. The summed E-state index contributed by atoms with van der Waals surface area (Å²) in [5.74, 6) is 0. The molecule has 0 aliphatic carbocycles. The van der Waals surface area contributed by atoms with Crippen LogP contribution in [0.25, 0.3) is 10.1 Å². The molecule has 1 heterocycles. The number of thiophene rings is 1. The highest BCUT2D eigenvalue weighted by Gasteiger charge is 2.10. The van der Waals surface area contributed by atoms with Crippen molar-refractivity contribution in [3.05, 3.63) is 33.1 Å². The summed E-state index contributed by atoms with van der Waals surface area (Å²) in [6, 6.07) is 8.30. The summed E-state index contributed by atoms with van der Waals surface area (Å²) in [4.78, 5) is 0.754. The predicted octanol–water partition coefficient (Wildman–Crippen LogP) is 3.84. The van der Waals surface area contributed by atoms with Crippen LogP contribution in [0.2, 0.25) is 0 Å². The van der Waals surface area contributed by atoms with E-state index in [0.717, 1.165) is 9.35 Å². The van der Waals surface area contributed by atoms with Gasteiger partial charge in [-0.15, -0.1) is 11.3 Å². The molecule has 0 aliphatic rings. The highest BCUT2D eigenvalue weighted by Crippen LogP contribution is 2.36. The summed E-state index contributed by atoms with van der Waals surface area (Å²) in [6.45, 7) is 2.06. The molecular weight excluding hydrogens is 246 g/mol. The summed E-state index contributed by atoms with van der Waals surface area (Å²) >= 11 is 4.98. The second kappa shape index (κ2) is 3.13. The largest absolute Gasteiger partial charge is 0.191 e. The average Bonchev–Trinajstić information content (AvgIpc) is 2.44. The number of halogens is 1. The number of nitriles is 1. The van der Waals surface area contributed by atoms with Crippen LogP contribution in [-0.4, -0.2) is 0 Å². The van der Waals surface area contributed by atoms with Gasteiger partial charge in [-0.05, 0) is 34.5 Å². The van der Waals surface area contributed by atoms with E-state index in [-0.39, 0.29) is 0 Å². The Morgan fingerprint density at radius 2 is 2.23 bits per heavy atom. The van der Waals surface area contributed by atoms with E-state index in [2.05, 4.69) is 35.0 Å². The topological polar surface area (TPSA) is 23.8 Å². The smallest absolute Gasteiger partial charge is 0.120 e. The third kappa shape index (κ3) is 1.27. The van der Waals surface area contributed by atoms with Crippen LogP contribution in [0.4, 0.5) is 0 Å². The first-order chi connectivity index (χ1) is 6.24. The maximum absolute atomic E-state index is 8.84. The van der Waals surface area contributed by atoms with Gasteiger partial charge in [0, 0.05) is 10.1 Å². The fourth-order valence-corrected chi connectivity index (χ4v) is 3.31. The molecule has 1 aromatic heterocycles. The van der Waals surface area contributed by atoms with Crippen LogP contribution < -0.4 is 0 Å². The van der Waals surface area contributed by atoms with Crippen LogP contribution >= 0.6 is 27.3 Å². The molecule has 0 unspecified atom stereocenters. The monoisotopic (exact) mass is 251 g/mol. The molecule has 0 N–H and O–H groups in total. The molecule has 0 fully saturated rings. The fourth-order valence-electron chi connectivity index (χ4n) is 1.35. The first kappa shape index (κ1) is 8.74. The summed E-state index contributed by atoms with van der Waals surface area (Å²) in [7, 11) is 0. The van der Waals surface area contributed by atoms with E-state index in [4.69, 9.17) is 5.26 Å². The quantitative estimate of drug-likeness (QED) is 0.698. The maximum atomic E-state index is 8.84. The predicted molar refractivity (Wildman–Crippen MR) is 59.0 cm³/mol. The molecule has 0 aliphatic heterocycles. The van der Waals surface area contributed by atoms with Crippen molar-refractivity contribution in [1.82, 2.24) is 0 Å². The number of hydrogen-bond donors (Lipinski definition) is 0. The third-order valence-electron chi connectivity index (χ3n) is 1.97. The Morgan fingerprint density at radius 3 is 2.85 bits per heavy atom. The number of benzene rings is 1. The zero-order chi connectivity index (χ0) is 9.42. The van der Waals surface area contributed by atoms with Crippen LogP contribution in [0.5, 0.6) is 0 Å². The Balaban J connectivity index is 2.95. The molecule has 0 saturated heterocycles. The highest BCUT2D eigenvalue weighted by atomic mass is 79.9. The molecule has 3 heteroatoms. The molecule has 0 atom stereocenters. The summed E-state index contributed by atoms with van der Waals surface area (Å²) in [5.41, 5.74) is 1.21. The van der Waals surface area contributed by atoms with Crippen LogP contribution in [0.1, 0.15) is 10.4 Å². The average molecular weight is 252 g/mol. The Morgan fingerprint density at radius 1 is 1.46 bits per heavy atom. The van der Waals surface area contributed by atoms with Gasteiger partial charge in [-0.1, -0.05) is 12.1 Å². The van der Waals surface area contributed by atoms with Crippen molar-refractivity contribution in [2.45, 2.75) is 6.92 Å². The second-order valence-corrected chi connectivity index (χ2v) is 4.65. The van der Waals surface area contributed by atoms with Crippen LogP contribution in [-0.2, 0) is 0 Å². The lowest BCUT2D eigenvalue weighted by molar-refractivity contribution is 1.51. The molecule has 2 rings (SSSR count). The fraction of sp³-hybridized carbons (Fsp3) is 0.100. The molecule has 1 aromatic carbocycles.